The zero-order chi connectivity index (χ0) is 9.97. The Kier molecular flexibility index (Phi) is 2.76. The third-order valence-corrected chi connectivity index (χ3v) is 1.99. The lowest BCUT2D eigenvalue weighted by molar-refractivity contribution is -0.122. The average Bonchev–Trinajstić information content (AvgIpc) is 2.76. The Bertz CT molecular complexity index is 302. The maximum atomic E-state index is 9.20. The summed E-state index contributed by atoms with van der Waals surface area (Å²) in [6.07, 6.45) is 0.319. The van der Waals surface area contributed by atoms with E-state index in [2.05, 4.69) is 10.2 Å². The molecule has 0 amide bonds. The van der Waals surface area contributed by atoms with Gasteiger partial charge in [0.25, 0.3) is 0 Å². The molecule has 14 heavy (non-hydrogen) atoms. The van der Waals surface area contributed by atoms with Gasteiger partial charge in [0.05, 0.1) is 19.3 Å². The van der Waals surface area contributed by atoms with Crippen LogP contribution in [0.1, 0.15) is 18.7 Å². The molecule has 1 aromatic heterocycles. The summed E-state index contributed by atoms with van der Waals surface area (Å²) in [6, 6.07) is 0. The molecule has 0 bridgehead atoms. The Morgan fingerprint density at radius 3 is 2.86 bits per heavy atom. The molecule has 0 spiro atoms. The van der Waals surface area contributed by atoms with Crippen molar-refractivity contribution < 1.29 is 14.4 Å². The van der Waals surface area contributed by atoms with E-state index in [1.165, 1.54) is 0 Å². The van der Waals surface area contributed by atoms with Crippen molar-refractivity contribution in [1.82, 2.24) is 15.3 Å². The fraction of sp³-hybridized carbons (Fsp3) is 0.750. The fourth-order valence-electron chi connectivity index (χ4n) is 1.29. The maximum Gasteiger partial charge on any atom is 0.232 e. The van der Waals surface area contributed by atoms with Crippen molar-refractivity contribution >= 4 is 0 Å². The highest BCUT2D eigenvalue weighted by molar-refractivity contribution is 4.81. The van der Waals surface area contributed by atoms with Crippen LogP contribution in [0.5, 0.6) is 0 Å². The second-order valence-electron chi connectivity index (χ2n) is 3.22. The van der Waals surface area contributed by atoms with E-state index in [0.717, 1.165) is 6.42 Å². The molecule has 1 aliphatic rings. The van der Waals surface area contributed by atoms with Crippen LogP contribution in [0.2, 0.25) is 0 Å². The smallest absolute Gasteiger partial charge is 0.232 e. The molecule has 0 aliphatic carbocycles. The molecular weight excluding hydrogens is 186 g/mol. The zero-order valence-electron chi connectivity index (χ0n) is 8.01. The van der Waals surface area contributed by atoms with Gasteiger partial charge in [-0.05, 0) is 0 Å². The number of hydrogen-bond donors (Lipinski definition) is 1. The molecule has 0 aromatic carbocycles. The van der Waals surface area contributed by atoms with Gasteiger partial charge in [-0.1, -0.05) is 6.92 Å². The highest BCUT2D eigenvalue weighted by Gasteiger charge is 2.23. The lowest BCUT2D eigenvalue weighted by Gasteiger charge is -2.09. The number of aromatic nitrogens is 2. The minimum Gasteiger partial charge on any atom is -0.424 e. The van der Waals surface area contributed by atoms with E-state index in [1.54, 1.807) is 5.06 Å². The number of rotatable bonds is 3. The minimum atomic E-state index is -0.413. The summed E-state index contributed by atoms with van der Waals surface area (Å²) in [5.41, 5.74) is 0. The lowest BCUT2D eigenvalue weighted by Crippen LogP contribution is -2.20. The van der Waals surface area contributed by atoms with Gasteiger partial charge in [0, 0.05) is 6.42 Å². The Hall–Kier alpha value is -0.980. The largest absolute Gasteiger partial charge is 0.424 e. The molecule has 6 nitrogen and oxygen atoms in total. The molecule has 1 atom stereocenters. The highest BCUT2D eigenvalue weighted by atomic mass is 16.7. The summed E-state index contributed by atoms with van der Waals surface area (Å²) in [7, 11) is 0. The first-order valence-electron chi connectivity index (χ1n) is 4.65. The third-order valence-electron chi connectivity index (χ3n) is 1.99. The van der Waals surface area contributed by atoms with Crippen molar-refractivity contribution in [3.8, 4) is 0 Å². The topological polar surface area (TPSA) is 71.6 Å². The van der Waals surface area contributed by atoms with Gasteiger partial charge in [-0.15, -0.1) is 10.2 Å². The molecule has 1 unspecified atom stereocenters. The summed E-state index contributed by atoms with van der Waals surface area (Å²) < 4.78 is 5.30. The van der Waals surface area contributed by atoms with Gasteiger partial charge >= 0.3 is 0 Å². The number of hydrogen-bond acceptors (Lipinski definition) is 6. The Balaban J connectivity index is 1.90. The fourth-order valence-corrected chi connectivity index (χ4v) is 1.29. The van der Waals surface area contributed by atoms with Gasteiger partial charge in [0.15, 0.2) is 0 Å². The maximum absolute atomic E-state index is 9.20. The molecule has 1 aliphatic heterocycles. The van der Waals surface area contributed by atoms with Crippen molar-refractivity contribution in [3.63, 3.8) is 0 Å². The summed E-state index contributed by atoms with van der Waals surface area (Å²) in [4.78, 5) is 5.17. The molecule has 1 aromatic rings. The van der Waals surface area contributed by atoms with Gasteiger partial charge in [-0.3, -0.25) is 4.84 Å². The summed E-state index contributed by atoms with van der Waals surface area (Å²) in [5, 5.41) is 18.5. The van der Waals surface area contributed by atoms with Crippen LogP contribution in [0, 0.1) is 0 Å². The van der Waals surface area contributed by atoms with E-state index in [9.17, 15) is 5.11 Å². The van der Waals surface area contributed by atoms with E-state index in [1.807, 2.05) is 6.92 Å². The molecule has 0 saturated carbocycles. The SMILES string of the molecule is CCc1nnc(CN2CC(O)CO2)o1. The monoisotopic (exact) mass is 199 g/mol. The quantitative estimate of drug-likeness (QED) is 0.723. The zero-order valence-corrected chi connectivity index (χ0v) is 8.01. The summed E-state index contributed by atoms with van der Waals surface area (Å²) in [5.74, 6) is 1.15. The van der Waals surface area contributed by atoms with Crippen LogP contribution in [-0.4, -0.2) is 39.6 Å². The van der Waals surface area contributed by atoms with Crippen molar-refractivity contribution in [3.05, 3.63) is 11.8 Å². The Labute approximate surface area is 81.4 Å². The highest BCUT2D eigenvalue weighted by Crippen LogP contribution is 2.10. The minimum absolute atomic E-state index is 0.342. The van der Waals surface area contributed by atoms with E-state index in [-0.39, 0.29) is 0 Å². The number of hydroxylamine groups is 2. The van der Waals surface area contributed by atoms with Crippen molar-refractivity contribution in [2.75, 3.05) is 13.2 Å². The van der Waals surface area contributed by atoms with Crippen LogP contribution in [0.25, 0.3) is 0 Å². The van der Waals surface area contributed by atoms with Crippen molar-refractivity contribution in [2.24, 2.45) is 0 Å². The molecule has 0 radical (unpaired) electrons. The van der Waals surface area contributed by atoms with Crippen LogP contribution in [0.3, 0.4) is 0 Å². The van der Waals surface area contributed by atoms with E-state index in [0.29, 0.717) is 31.5 Å². The number of aryl methyl sites for hydroxylation is 1. The Morgan fingerprint density at radius 2 is 2.29 bits per heavy atom. The molecule has 1 saturated heterocycles. The van der Waals surface area contributed by atoms with Crippen molar-refractivity contribution in [1.29, 1.82) is 0 Å². The van der Waals surface area contributed by atoms with Crippen molar-refractivity contribution in [2.45, 2.75) is 26.0 Å². The normalized spacial score (nSPS) is 23.1. The molecule has 2 heterocycles. The predicted molar refractivity (Wildman–Crippen MR) is 46.0 cm³/mol. The van der Waals surface area contributed by atoms with Gasteiger partial charge < -0.3 is 9.52 Å². The van der Waals surface area contributed by atoms with Crippen LogP contribution >= 0.6 is 0 Å². The third kappa shape index (κ3) is 2.09. The lowest BCUT2D eigenvalue weighted by atomic mass is 10.4. The van der Waals surface area contributed by atoms with E-state index >= 15 is 0 Å². The Morgan fingerprint density at radius 1 is 1.50 bits per heavy atom. The summed E-state index contributed by atoms with van der Waals surface area (Å²) >= 11 is 0. The van der Waals surface area contributed by atoms with Gasteiger partial charge in [0.2, 0.25) is 11.8 Å². The van der Waals surface area contributed by atoms with Gasteiger partial charge in [-0.2, -0.15) is 5.06 Å². The molecule has 6 heteroatoms. The second-order valence-corrected chi connectivity index (χ2v) is 3.22. The molecule has 1 fully saturated rings. The predicted octanol–water partition coefficient (Wildman–Crippen LogP) is -0.260. The van der Waals surface area contributed by atoms with Crippen LogP contribution in [0.4, 0.5) is 0 Å². The van der Waals surface area contributed by atoms with Gasteiger partial charge in [0.1, 0.15) is 6.54 Å². The van der Waals surface area contributed by atoms with E-state index in [4.69, 9.17) is 9.25 Å². The molecule has 78 valence electrons. The second kappa shape index (κ2) is 4.04. The number of β-amino-alcohol motifs (C(OH)–C–C–N with tert-alkyl or cyclic N) is 1. The van der Waals surface area contributed by atoms with Crippen LogP contribution < -0.4 is 0 Å². The first kappa shape index (κ1) is 9.57. The van der Waals surface area contributed by atoms with Gasteiger partial charge in [-0.25, -0.2) is 0 Å². The van der Waals surface area contributed by atoms with Crippen LogP contribution in [-0.2, 0) is 17.8 Å². The number of nitrogens with zero attached hydrogens (tertiary/aromatic N) is 3. The number of aliphatic hydroxyl groups excluding tert-OH is 1. The molecule has 1 N–H and O–H groups in total. The molecular formula is C8H13N3O3. The first-order chi connectivity index (χ1) is 6.78. The standard InChI is InChI=1S/C8H13N3O3/c1-2-7-9-10-8(14-7)4-11-3-6(12)5-13-11/h6,12H,2-5H2,1H3. The molecule has 2 rings (SSSR count). The van der Waals surface area contributed by atoms with E-state index < -0.39 is 6.10 Å². The summed E-state index contributed by atoms with van der Waals surface area (Å²) in [6.45, 7) is 3.22. The number of aliphatic hydroxyl groups is 1. The van der Waals surface area contributed by atoms with Crippen LogP contribution in [0.15, 0.2) is 4.42 Å². The average molecular weight is 199 g/mol. The first-order valence-corrected chi connectivity index (χ1v) is 4.65.